The van der Waals surface area contributed by atoms with E-state index < -0.39 is 43.4 Å². The van der Waals surface area contributed by atoms with Crippen LogP contribution in [0.3, 0.4) is 0 Å². The average Bonchev–Trinajstić information content (AvgIpc) is 3.61. The molecule has 2 heterocycles. The second-order valence-corrected chi connectivity index (χ2v) is 11.1. The van der Waals surface area contributed by atoms with Gasteiger partial charge in [0.1, 0.15) is 18.7 Å². The topological polar surface area (TPSA) is 111 Å². The van der Waals surface area contributed by atoms with E-state index in [1.54, 1.807) is 25.1 Å². The number of thioether (sulfide) groups is 1. The van der Waals surface area contributed by atoms with E-state index in [2.05, 4.69) is 25.1 Å². The minimum absolute atomic E-state index is 0.0102. The molecule has 10 nitrogen and oxygen atoms in total. The van der Waals surface area contributed by atoms with E-state index in [1.165, 1.54) is 41.3 Å². The van der Waals surface area contributed by atoms with Crippen LogP contribution < -0.4 is 15.0 Å². The van der Waals surface area contributed by atoms with Crippen molar-refractivity contribution in [3.8, 4) is 22.8 Å². The molecule has 1 aliphatic heterocycles. The first-order valence-corrected chi connectivity index (χ1v) is 14.7. The molecular formula is C29H21ClF6N6O4S. The standard InChI is InChI=1S/C29H21ClF6N6O4S/c1-16-3-2-4-23(20(16)12-45-14-28(31,32)33)42-24(43)13-47-27(42)39-26(44)38-22-10-7-18(11-21(22)30)41-15-37-25(40-41)17-5-8-19(9-6-17)46-29(34,35)36/h2-11,15H,12-14H2,1H3,(H,38,44)/b39-27-. The molecule has 4 aromatic rings. The van der Waals surface area contributed by atoms with Crippen molar-refractivity contribution in [3.63, 3.8) is 0 Å². The molecule has 0 atom stereocenters. The van der Waals surface area contributed by atoms with Gasteiger partial charge >= 0.3 is 18.6 Å². The van der Waals surface area contributed by atoms with Crippen molar-refractivity contribution in [3.05, 3.63) is 83.1 Å². The van der Waals surface area contributed by atoms with E-state index >= 15 is 0 Å². The quantitative estimate of drug-likeness (QED) is 0.189. The van der Waals surface area contributed by atoms with Crippen LogP contribution in [0.4, 0.5) is 42.5 Å². The zero-order valence-electron chi connectivity index (χ0n) is 23.9. The number of amidine groups is 1. The van der Waals surface area contributed by atoms with E-state index in [1.807, 2.05) is 0 Å². The molecule has 0 aliphatic carbocycles. The van der Waals surface area contributed by atoms with E-state index in [9.17, 15) is 35.9 Å². The fourth-order valence-corrected chi connectivity index (χ4v) is 5.42. The van der Waals surface area contributed by atoms with Crippen LogP contribution in [0.5, 0.6) is 5.75 Å². The van der Waals surface area contributed by atoms with Gasteiger partial charge in [-0.25, -0.2) is 14.5 Å². The Bertz CT molecular complexity index is 1830. The highest BCUT2D eigenvalue weighted by Crippen LogP contribution is 2.33. The van der Waals surface area contributed by atoms with Gasteiger partial charge in [0.05, 0.1) is 34.4 Å². The van der Waals surface area contributed by atoms with Crippen molar-refractivity contribution in [2.45, 2.75) is 26.1 Å². The molecule has 47 heavy (non-hydrogen) atoms. The second kappa shape index (κ2) is 13.6. The molecule has 0 bridgehead atoms. The van der Waals surface area contributed by atoms with Crippen LogP contribution in [0.25, 0.3) is 17.1 Å². The monoisotopic (exact) mass is 698 g/mol. The number of carbonyl (C=O) groups excluding carboxylic acids is 2. The number of aromatic nitrogens is 3. The molecule has 3 aromatic carbocycles. The van der Waals surface area contributed by atoms with Crippen LogP contribution in [-0.4, -0.2) is 56.8 Å². The summed E-state index contributed by atoms with van der Waals surface area (Å²) in [6.45, 7) is -0.233. The zero-order valence-corrected chi connectivity index (χ0v) is 25.5. The van der Waals surface area contributed by atoms with E-state index in [0.717, 1.165) is 28.8 Å². The molecular weight excluding hydrogens is 678 g/mol. The van der Waals surface area contributed by atoms with Gasteiger partial charge in [-0.15, -0.1) is 18.3 Å². The lowest BCUT2D eigenvalue weighted by atomic mass is 10.1. The highest BCUT2D eigenvalue weighted by Gasteiger charge is 2.33. The van der Waals surface area contributed by atoms with Gasteiger partial charge in [0.15, 0.2) is 11.0 Å². The van der Waals surface area contributed by atoms with Gasteiger partial charge in [0, 0.05) is 11.1 Å². The van der Waals surface area contributed by atoms with Crippen LogP contribution in [0, 0.1) is 6.92 Å². The first-order valence-electron chi connectivity index (χ1n) is 13.3. The number of nitrogens with zero attached hydrogens (tertiary/aromatic N) is 5. The molecule has 1 saturated heterocycles. The number of nitrogens with one attached hydrogen (secondary N) is 1. The summed E-state index contributed by atoms with van der Waals surface area (Å²) in [6, 6.07) is 13.4. The van der Waals surface area contributed by atoms with E-state index in [4.69, 9.17) is 16.3 Å². The number of amides is 3. The Labute approximate surface area is 271 Å². The summed E-state index contributed by atoms with van der Waals surface area (Å²) in [5.41, 5.74) is 2.20. The van der Waals surface area contributed by atoms with Gasteiger partial charge in [0.25, 0.3) is 0 Å². The fourth-order valence-electron chi connectivity index (χ4n) is 4.34. The van der Waals surface area contributed by atoms with Crippen LogP contribution in [0.15, 0.2) is 72.0 Å². The Hall–Kier alpha value is -4.61. The lowest BCUT2D eigenvalue weighted by Crippen LogP contribution is -2.31. The third kappa shape index (κ3) is 8.60. The number of ether oxygens (including phenoxy) is 2. The maximum absolute atomic E-state index is 12.9. The first kappa shape index (κ1) is 33.7. The van der Waals surface area contributed by atoms with Gasteiger partial charge < -0.3 is 14.8 Å². The Balaban J connectivity index is 1.29. The summed E-state index contributed by atoms with van der Waals surface area (Å²) in [6.07, 6.45) is -7.99. The van der Waals surface area contributed by atoms with Crippen molar-refractivity contribution >= 4 is 51.8 Å². The van der Waals surface area contributed by atoms with E-state index in [0.29, 0.717) is 22.4 Å². The van der Waals surface area contributed by atoms with Crippen molar-refractivity contribution in [2.75, 3.05) is 22.6 Å². The fraction of sp³-hybridized carbons (Fsp3) is 0.207. The Morgan fingerprint density at radius 3 is 2.51 bits per heavy atom. The summed E-state index contributed by atoms with van der Waals surface area (Å²) in [7, 11) is 0. The van der Waals surface area contributed by atoms with Gasteiger partial charge in [0.2, 0.25) is 5.91 Å². The number of carbonyl (C=O) groups is 2. The lowest BCUT2D eigenvalue weighted by molar-refractivity contribution is -0.274. The third-order valence-corrected chi connectivity index (χ3v) is 7.63. The molecule has 0 saturated carbocycles. The third-order valence-electron chi connectivity index (χ3n) is 6.40. The summed E-state index contributed by atoms with van der Waals surface area (Å²) in [5, 5.41) is 6.95. The van der Waals surface area contributed by atoms with Crippen LogP contribution in [0.2, 0.25) is 5.02 Å². The van der Waals surface area contributed by atoms with Crippen LogP contribution >= 0.6 is 23.4 Å². The van der Waals surface area contributed by atoms with Crippen molar-refractivity contribution < 1.29 is 45.4 Å². The van der Waals surface area contributed by atoms with Crippen molar-refractivity contribution in [1.82, 2.24) is 14.8 Å². The number of hydrogen-bond donors (Lipinski definition) is 1. The highest BCUT2D eigenvalue weighted by molar-refractivity contribution is 8.15. The maximum Gasteiger partial charge on any atom is 0.573 e. The van der Waals surface area contributed by atoms with Crippen molar-refractivity contribution in [1.29, 1.82) is 0 Å². The molecule has 5 rings (SSSR count). The summed E-state index contributed by atoms with van der Waals surface area (Å²) >= 11 is 7.38. The minimum Gasteiger partial charge on any atom is -0.406 e. The molecule has 1 aliphatic rings. The number of alkyl halides is 6. The predicted octanol–water partition coefficient (Wildman–Crippen LogP) is 7.54. The first-order chi connectivity index (χ1) is 22.2. The molecule has 18 heteroatoms. The summed E-state index contributed by atoms with van der Waals surface area (Å²) < 4.78 is 85.3. The largest absolute Gasteiger partial charge is 0.573 e. The summed E-state index contributed by atoms with van der Waals surface area (Å²) in [4.78, 5) is 35.0. The van der Waals surface area contributed by atoms with Gasteiger partial charge in [-0.3, -0.25) is 9.69 Å². The highest BCUT2D eigenvalue weighted by atomic mass is 35.5. The number of halogens is 7. The minimum atomic E-state index is -4.82. The molecule has 0 unspecified atom stereocenters. The van der Waals surface area contributed by atoms with Crippen LogP contribution in [0.1, 0.15) is 11.1 Å². The molecule has 1 N–H and O–H groups in total. The maximum atomic E-state index is 12.9. The zero-order chi connectivity index (χ0) is 33.9. The number of aliphatic imine (C=N–C) groups is 1. The number of hydrogen-bond acceptors (Lipinski definition) is 7. The number of rotatable bonds is 8. The average molecular weight is 699 g/mol. The predicted molar refractivity (Wildman–Crippen MR) is 162 cm³/mol. The smallest absolute Gasteiger partial charge is 0.406 e. The molecule has 246 valence electrons. The SMILES string of the molecule is Cc1cccc(N2C(=O)CS/C2=N\C(=O)Nc2ccc(-n3cnc(-c4ccc(OC(F)(F)F)cc4)n3)cc2Cl)c1COCC(F)(F)F. The Morgan fingerprint density at radius 1 is 1.09 bits per heavy atom. The number of benzene rings is 3. The number of urea groups is 1. The molecule has 3 amide bonds. The van der Waals surface area contributed by atoms with E-state index in [-0.39, 0.29) is 33.1 Å². The van der Waals surface area contributed by atoms with Crippen molar-refractivity contribution in [2.24, 2.45) is 4.99 Å². The second-order valence-electron chi connectivity index (χ2n) is 9.77. The molecule has 1 aromatic heterocycles. The van der Waals surface area contributed by atoms with Gasteiger partial charge in [-0.1, -0.05) is 35.5 Å². The van der Waals surface area contributed by atoms with Gasteiger partial charge in [-0.2, -0.15) is 18.2 Å². The lowest BCUT2D eigenvalue weighted by Gasteiger charge is -2.21. The number of aryl methyl sites for hydroxylation is 1. The summed E-state index contributed by atoms with van der Waals surface area (Å²) in [5.74, 6) is -0.659. The Morgan fingerprint density at radius 2 is 1.83 bits per heavy atom. The molecule has 0 spiro atoms. The Kier molecular flexibility index (Phi) is 9.78. The normalized spacial score (nSPS) is 14.6. The molecule has 0 radical (unpaired) electrons. The molecule has 1 fully saturated rings. The van der Waals surface area contributed by atoms with Gasteiger partial charge in [-0.05, 0) is 61.0 Å². The van der Waals surface area contributed by atoms with Crippen LogP contribution in [-0.2, 0) is 16.1 Å². The number of anilines is 2.